The average Bonchev–Trinajstić information content (AvgIpc) is 2.46. The molecule has 0 aliphatic heterocycles. The molecule has 4 nitrogen and oxygen atoms in total. The summed E-state index contributed by atoms with van der Waals surface area (Å²) >= 11 is 4.90. The minimum atomic E-state index is -0.172. The lowest BCUT2D eigenvalue weighted by molar-refractivity contribution is -0.120. The average molecular weight is 307 g/mol. The summed E-state index contributed by atoms with van der Waals surface area (Å²) in [5.41, 5.74) is 7.10. The Morgan fingerprint density at radius 2 is 1.90 bits per heavy atom. The van der Waals surface area contributed by atoms with Crippen molar-refractivity contribution in [2.75, 3.05) is 18.9 Å². The molecule has 0 saturated carbocycles. The summed E-state index contributed by atoms with van der Waals surface area (Å²) in [5.74, 6) is 0.568. The van der Waals surface area contributed by atoms with Gasteiger partial charge in [0.2, 0.25) is 5.91 Å². The minimum absolute atomic E-state index is 0.0103. The van der Waals surface area contributed by atoms with Gasteiger partial charge in [-0.3, -0.25) is 9.69 Å². The highest BCUT2D eigenvalue weighted by Gasteiger charge is 2.19. The number of hydrogen-bond donors (Lipinski definition) is 2. The molecule has 0 fully saturated rings. The van der Waals surface area contributed by atoms with E-state index in [1.165, 1.54) is 0 Å². The van der Waals surface area contributed by atoms with E-state index in [1.54, 1.807) is 0 Å². The normalized spacial score (nSPS) is 13.8. The molecule has 0 heterocycles. The molecule has 2 unspecified atom stereocenters. The van der Waals surface area contributed by atoms with Crippen molar-refractivity contribution in [3.05, 3.63) is 29.8 Å². The Morgan fingerprint density at radius 3 is 2.38 bits per heavy atom. The Bertz CT molecular complexity index is 487. The molecule has 0 radical (unpaired) electrons. The first kappa shape index (κ1) is 17.6. The number of anilines is 1. The van der Waals surface area contributed by atoms with Gasteiger partial charge in [0.05, 0.1) is 6.04 Å². The van der Waals surface area contributed by atoms with Gasteiger partial charge in [0.15, 0.2) is 0 Å². The third kappa shape index (κ3) is 5.44. The molecule has 0 saturated heterocycles. The zero-order valence-corrected chi connectivity index (χ0v) is 14.0. The highest BCUT2D eigenvalue weighted by Crippen LogP contribution is 2.12. The van der Waals surface area contributed by atoms with Crippen LogP contribution in [0, 0.1) is 5.92 Å². The molecule has 21 heavy (non-hydrogen) atoms. The van der Waals surface area contributed by atoms with Gasteiger partial charge in [0.1, 0.15) is 4.99 Å². The first-order chi connectivity index (χ1) is 9.85. The van der Waals surface area contributed by atoms with Gasteiger partial charge in [-0.2, -0.15) is 0 Å². The molecule has 116 valence electrons. The zero-order valence-electron chi connectivity index (χ0n) is 13.2. The van der Waals surface area contributed by atoms with E-state index in [0.29, 0.717) is 10.9 Å². The number of amides is 1. The Hall–Kier alpha value is -1.46. The minimum Gasteiger partial charge on any atom is -0.389 e. The molecule has 0 aliphatic carbocycles. The standard InChI is InChI=1S/C16H25N3OS/c1-5-11(2)10-19(4)12(3)16(20)18-14-8-6-13(7-9-14)15(17)21/h6-9,11-12H,5,10H2,1-4H3,(H2,17,21)(H,18,20). The molecule has 0 spiro atoms. The van der Waals surface area contributed by atoms with Crippen molar-refractivity contribution in [1.82, 2.24) is 4.90 Å². The molecule has 1 amide bonds. The number of hydrogen-bond acceptors (Lipinski definition) is 3. The summed E-state index contributed by atoms with van der Waals surface area (Å²) in [6.07, 6.45) is 1.11. The Kier molecular flexibility index (Phi) is 6.78. The molecule has 1 rings (SSSR count). The lowest BCUT2D eigenvalue weighted by atomic mass is 10.1. The van der Waals surface area contributed by atoms with Crippen LogP contribution in [0.4, 0.5) is 5.69 Å². The second-order valence-corrected chi connectivity index (χ2v) is 6.00. The van der Waals surface area contributed by atoms with Crippen LogP contribution in [-0.4, -0.2) is 35.4 Å². The summed E-state index contributed by atoms with van der Waals surface area (Å²) in [6, 6.07) is 7.08. The van der Waals surface area contributed by atoms with Crippen molar-refractivity contribution < 1.29 is 4.79 Å². The number of likely N-dealkylation sites (N-methyl/N-ethyl adjacent to an activating group) is 1. The third-order valence-electron chi connectivity index (χ3n) is 3.77. The number of nitrogens with one attached hydrogen (secondary N) is 1. The van der Waals surface area contributed by atoms with Crippen LogP contribution in [0.5, 0.6) is 0 Å². The number of nitrogens with two attached hydrogens (primary N) is 1. The number of nitrogens with zero attached hydrogens (tertiary/aromatic N) is 1. The number of carbonyl (C=O) groups excluding carboxylic acids is 1. The van der Waals surface area contributed by atoms with Gasteiger partial charge in [0.25, 0.3) is 0 Å². The topological polar surface area (TPSA) is 58.4 Å². The van der Waals surface area contributed by atoms with E-state index in [9.17, 15) is 4.79 Å². The smallest absolute Gasteiger partial charge is 0.241 e. The second kappa shape index (κ2) is 8.10. The SMILES string of the molecule is CCC(C)CN(C)C(C)C(=O)Nc1ccc(C(N)=S)cc1. The summed E-state index contributed by atoms with van der Waals surface area (Å²) < 4.78 is 0. The van der Waals surface area contributed by atoms with E-state index >= 15 is 0 Å². The van der Waals surface area contributed by atoms with Gasteiger partial charge in [-0.05, 0) is 44.2 Å². The predicted octanol–water partition coefficient (Wildman–Crippen LogP) is 2.63. The number of carbonyl (C=O) groups is 1. The third-order valence-corrected chi connectivity index (χ3v) is 4.01. The van der Waals surface area contributed by atoms with Crippen LogP contribution in [0.2, 0.25) is 0 Å². The van der Waals surface area contributed by atoms with E-state index in [0.717, 1.165) is 24.2 Å². The summed E-state index contributed by atoms with van der Waals surface area (Å²) in [7, 11) is 1.98. The fraction of sp³-hybridized carbons (Fsp3) is 0.500. The fourth-order valence-corrected chi connectivity index (χ4v) is 2.08. The monoisotopic (exact) mass is 307 g/mol. The highest BCUT2D eigenvalue weighted by atomic mass is 32.1. The van der Waals surface area contributed by atoms with Crippen LogP contribution in [0.25, 0.3) is 0 Å². The molecule has 0 aliphatic rings. The molecular formula is C16H25N3OS. The Morgan fingerprint density at radius 1 is 1.33 bits per heavy atom. The lowest BCUT2D eigenvalue weighted by Gasteiger charge is -2.26. The molecule has 0 bridgehead atoms. The van der Waals surface area contributed by atoms with Gasteiger partial charge in [-0.1, -0.05) is 32.5 Å². The highest BCUT2D eigenvalue weighted by molar-refractivity contribution is 7.80. The Balaban J connectivity index is 2.61. The summed E-state index contributed by atoms with van der Waals surface area (Å²) in [5, 5.41) is 2.92. The van der Waals surface area contributed by atoms with E-state index in [2.05, 4.69) is 24.1 Å². The van der Waals surface area contributed by atoms with Crippen LogP contribution in [0.1, 0.15) is 32.8 Å². The lowest BCUT2D eigenvalue weighted by Crippen LogP contribution is -2.41. The van der Waals surface area contributed by atoms with E-state index in [4.69, 9.17) is 18.0 Å². The summed E-state index contributed by atoms with van der Waals surface area (Å²) in [4.78, 5) is 14.7. The van der Waals surface area contributed by atoms with Gasteiger partial charge < -0.3 is 11.1 Å². The zero-order chi connectivity index (χ0) is 16.0. The summed E-state index contributed by atoms with van der Waals surface area (Å²) in [6.45, 7) is 7.18. The number of benzene rings is 1. The van der Waals surface area contributed by atoms with Crippen molar-refractivity contribution in [3.8, 4) is 0 Å². The fourth-order valence-electron chi connectivity index (χ4n) is 1.94. The van der Waals surface area contributed by atoms with Gasteiger partial charge in [0, 0.05) is 17.8 Å². The number of rotatable bonds is 7. The van der Waals surface area contributed by atoms with Gasteiger partial charge in [-0.15, -0.1) is 0 Å². The molecule has 2 atom stereocenters. The maximum absolute atomic E-state index is 12.2. The van der Waals surface area contributed by atoms with Gasteiger partial charge >= 0.3 is 0 Å². The maximum atomic E-state index is 12.2. The second-order valence-electron chi connectivity index (χ2n) is 5.56. The molecular weight excluding hydrogens is 282 g/mol. The molecule has 1 aromatic carbocycles. The largest absolute Gasteiger partial charge is 0.389 e. The van der Waals surface area contributed by atoms with Crippen molar-refractivity contribution in [3.63, 3.8) is 0 Å². The van der Waals surface area contributed by atoms with E-state index < -0.39 is 0 Å². The van der Waals surface area contributed by atoms with E-state index in [1.807, 2.05) is 38.2 Å². The van der Waals surface area contributed by atoms with E-state index in [-0.39, 0.29) is 11.9 Å². The maximum Gasteiger partial charge on any atom is 0.241 e. The number of thiocarbonyl (C=S) groups is 1. The van der Waals surface area contributed by atoms with Crippen LogP contribution in [0.3, 0.4) is 0 Å². The predicted molar refractivity (Wildman–Crippen MR) is 92.5 cm³/mol. The first-order valence-electron chi connectivity index (χ1n) is 7.26. The Labute approximate surface area is 132 Å². The molecule has 1 aromatic rings. The molecule has 0 aromatic heterocycles. The van der Waals surface area contributed by atoms with Crippen LogP contribution in [0.15, 0.2) is 24.3 Å². The first-order valence-corrected chi connectivity index (χ1v) is 7.67. The van der Waals surface area contributed by atoms with Crippen LogP contribution >= 0.6 is 12.2 Å². The van der Waals surface area contributed by atoms with Crippen molar-refractivity contribution in [1.29, 1.82) is 0 Å². The molecule has 5 heteroatoms. The van der Waals surface area contributed by atoms with Crippen LogP contribution < -0.4 is 11.1 Å². The van der Waals surface area contributed by atoms with Crippen molar-refractivity contribution in [2.24, 2.45) is 11.7 Å². The van der Waals surface area contributed by atoms with Crippen molar-refractivity contribution >= 4 is 28.8 Å². The quantitative estimate of drug-likeness (QED) is 0.760. The van der Waals surface area contributed by atoms with Gasteiger partial charge in [-0.25, -0.2) is 0 Å². The van der Waals surface area contributed by atoms with Crippen LogP contribution in [-0.2, 0) is 4.79 Å². The molecule has 3 N–H and O–H groups in total. The van der Waals surface area contributed by atoms with Crippen molar-refractivity contribution in [2.45, 2.75) is 33.2 Å².